The highest BCUT2D eigenvalue weighted by Crippen LogP contribution is 2.54. The molecule has 1 aromatic heterocycles. The summed E-state index contributed by atoms with van der Waals surface area (Å²) >= 11 is 0. The molecule has 4 rings (SSSR count). The van der Waals surface area contributed by atoms with Gasteiger partial charge in [0, 0.05) is 18.7 Å². The van der Waals surface area contributed by atoms with Crippen molar-refractivity contribution in [2.45, 2.75) is 25.8 Å². The molecule has 2 fully saturated rings. The zero-order valence-corrected chi connectivity index (χ0v) is 11.9. The summed E-state index contributed by atoms with van der Waals surface area (Å²) in [6.45, 7) is 0.619. The molecule has 0 saturated heterocycles. The Morgan fingerprint density at radius 2 is 1.90 bits per heavy atom. The summed E-state index contributed by atoms with van der Waals surface area (Å²) in [4.78, 5) is 12.1. The minimum absolute atomic E-state index is 0.236. The Labute approximate surface area is 124 Å². The first-order chi connectivity index (χ1) is 10.3. The van der Waals surface area contributed by atoms with Crippen molar-refractivity contribution in [2.75, 3.05) is 0 Å². The average molecular weight is 281 g/mol. The molecule has 108 valence electrons. The molecule has 2 aromatic rings. The second kappa shape index (κ2) is 5.02. The quantitative estimate of drug-likeness (QED) is 0.905. The van der Waals surface area contributed by atoms with Crippen molar-refractivity contribution in [1.29, 1.82) is 0 Å². The van der Waals surface area contributed by atoms with Gasteiger partial charge in [0.15, 0.2) is 0 Å². The minimum Gasteiger partial charge on any atom is -0.352 e. The number of carbonyl (C=O) groups is 1. The van der Waals surface area contributed by atoms with Crippen LogP contribution in [0.2, 0.25) is 0 Å². The summed E-state index contributed by atoms with van der Waals surface area (Å²) in [5.41, 5.74) is 3.25. The first-order valence-corrected chi connectivity index (χ1v) is 7.66. The van der Waals surface area contributed by atoms with E-state index in [1.807, 2.05) is 6.07 Å². The van der Waals surface area contributed by atoms with E-state index in [-0.39, 0.29) is 11.8 Å². The van der Waals surface area contributed by atoms with Crippen molar-refractivity contribution < 1.29 is 4.79 Å². The van der Waals surface area contributed by atoms with Crippen LogP contribution in [0.4, 0.5) is 0 Å². The third kappa shape index (κ3) is 2.58. The molecule has 0 spiro atoms. The predicted octanol–water partition coefficient (Wildman–Crippen LogP) is 2.74. The maximum Gasteiger partial charge on any atom is 0.223 e. The molecule has 0 bridgehead atoms. The summed E-state index contributed by atoms with van der Waals surface area (Å²) in [6, 6.07) is 10.2. The van der Waals surface area contributed by atoms with E-state index >= 15 is 0 Å². The zero-order valence-electron chi connectivity index (χ0n) is 11.9. The number of hydrogen-bond donors (Lipinski definition) is 2. The van der Waals surface area contributed by atoms with Crippen LogP contribution < -0.4 is 5.32 Å². The number of nitrogens with zero attached hydrogens (tertiary/aromatic N) is 1. The van der Waals surface area contributed by atoms with Gasteiger partial charge < -0.3 is 5.32 Å². The number of rotatable bonds is 4. The van der Waals surface area contributed by atoms with Gasteiger partial charge in [0.1, 0.15) is 0 Å². The number of benzene rings is 1. The third-order valence-corrected chi connectivity index (χ3v) is 4.85. The molecule has 2 atom stereocenters. The van der Waals surface area contributed by atoms with Crippen LogP contribution in [-0.2, 0) is 11.3 Å². The molecule has 2 unspecified atom stereocenters. The summed E-state index contributed by atoms with van der Waals surface area (Å²) in [5.74, 6) is 2.21. The molecule has 2 aliphatic carbocycles. The SMILES string of the molecule is O=C(NCc1ccc(-c2ccn[nH]2)cc1)C1CC2CC2C1. The maximum atomic E-state index is 12.1. The Morgan fingerprint density at radius 3 is 2.57 bits per heavy atom. The van der Waals surface area contributed by atoms with Gasteiger partial charge in [0.25, 0.3) is 0 Å². The molecular weight excluding hydrogens is 262 g/mol. The Morgan fingerprint density at radius 1 is 1.14 bits per heavy atom. The molecule has 1 heterocycles. The lowest BCUT2D eigenvalue weighted by atomic mass is 10.0. The topological polar surface area (TPSA) is 57.8 Å². The van der Waals surface area contributed by atoms with Crippen LogP contribution >= 0.6 is 0 Å². The number of H-pyrrole nitrogens is 1. The summed E-state index contributed by atoms with van der Waals surface area (Å²) in [7, 11) is 0. The van der Waals surface area contributed by atoms with E-state index in [0.717, 1.165) is 41.5 Å². The number of aromatic amines is 1. The van der Waals surface area contributed by atoms with Crippen LogP contribution in [0.25, 0.3) is 11.3 Å². The predicted molar refractivity (Wildman–Crippen MR) is 80.2 cm³/mol. The van der Waals surface area contributed by atoms with E-state index in [9.17, 15) is 4.79 Å². The second-order valence-corrected chi connectivity index (χ2v) is 6.31. The first-order valence-electron chi connectivity index (χ1n) is 7.66. The summed E-state index contributed by atoms with van der Waals surface area (Å²) in [6.07, 6.45) is 5.32. The van der Waals surface area contributed by atoms with Gasteiger partial charge in [-0.15, -0.1) is 0 Å². The lowest BCUT2D eigenvalue weighted by Gasteiger charge is -2.12. The largest absolute Gasteiger partial charge is 0.352 e. The van der Waals surface area contributed by atoms with Crippen molar-refractivity contribution in [1.82, 2.24) is 15.5 Å². The van der Waals surface area contributed by atoms with E-state index < -0.39 is 0 Å². The molecule has 4 nitrogen and oxygen atoms in total. The Balaban J connectivity index is 1.33. The highest BCUT2D eigenvalue weighted by Gasteiger charge is 2.47. The molecule has 1 aromatic carbocycles. The number of nitrogens with one attached hydrogen (secondary N) is 2. The average Bonchev–Trinajstić information content (AvgIpc) is 2.97. The number of aromatic nitrogens is 2. The third-order valence-electron chi connectivity index (χ3n) is 4.85. The monoisotopic (exact) mass is 281 g/mol. The van der Waals surface area contributed by atoms with Crippen LogP contribution in [0.3, 0.4) is 0 Å². The van der Waals surface area contributed by atoms with E-state index in [2.05, 4.69) is 39.8 Å². The number of carbonyl (C=O) groups excluding carboxylic acids is 1. The normalized spacial score (nSPS) is 26.4. The molecule has 0 radical (unpaired) electrons. The van der Waals surface area contributed by atoms with E-state index in [1.165, 1.54) is 6.42 Å². The van der Waals surface area contributed by atoms with Crippen LogP contribution in [0, 0.1) is 17.8 Å². The molecule has 0 aliphatic heterocycles. The fourth-order valence-corrected chi connectivity index (χ4v) is 3.48. The zero-order chi connectivity index (χ0) is 14.2. The van der Waals surface area contributed by atoms with Crippen molar-refractivity contribution in [3.05, 3.63) is 42.1 Å². The standard InChI is InChI=1S/C17H19N3O/c21-17(15-8-13-7-14(13)9-15)18-10-11-1-3-12(4-2-11)16-5-6-19-20-16/h1-6,13-15H,7-10H2,(H,18,21)(H,19,20). The van der Waals surface area contributed by atoms with Gasteiger partial charge in [0.2, 0.25) is 5.91 Å². The molecule has 2 N–H and O–H groups in total. The van der Waals surface area contributed by atoms with E-state index in [1.54, 1.807) is 6.20 Å². The molecule has 2 aliphatic rings. The molecule has 4 heteroatoms. The van der Waals surface area contributed by atoms with Crippen molar-refractivity contribution >= 4 is 5.91 Å². The van der Waals surface area contributed by atoms with E-state index in [4.69, 9.17) is 0 Å². The Bertz CT molecular complexity index is 623. The van der Waals surface area contributed by atoms with Gasteiger partial charge in [-0.2, -0.15) is 5.10 Å². The van der Waals surface area contributed by atoms with Gasteiger partial charge in [0.05, 0.1) is 5.69 Å². The van der Waals surface area contributed by atoms with Crippen LogP contribution in [0.5, 0.6) is 0 Å². The minimum atomic E-state index is 0.236. The Hall–Kier alpha value is -2.10. The van der Waals surface area contributed by atoms with Gasteiger partial charge in [-0.05, 0) is 48.3 Å². The number of amides is 1. The molecule has 1 amide bonds. The van der Waals surface area contributed by atoms with Crippen LogP contribution in [0.1, 0.15) is 24.8 Å². The van der Waals surface area contributed by atoms with Crippen LogP contribution in [-0.4, -0.2) is 16.1 Å². The smallest absolute Gasteiger partial charge is 0.223 e. The van der Waals surface area contributed by atoms with Gasteiger partial charge >= 0.3 is 0 Å². The fourth-order valence-electron chi connectivity index (χ4n) is 3.48. The van der Waals surface area contributed by atoms with E-state index in [0.29, 0.717) is 6.54 Å². The summed E-state index contributed by atoms with van der Waals surface area (Å²) < 4.78 is 0. The highest BCUT2D eigenvalue weighted by atomic mass is 16.1. The van der Waals surface area contributed by atoms with Gasteiger partial charge in [-0.25, -0.2) is 0 Å². The highest BCUT2D eigenvalue weighted by molar-refractivity contribution is 5.79. The second-order valence-electron chi connectivity index (χ2n) is 6.31. The fraction of sp³-hybridized carbons (Fsp3) is 0.412. The molecular formula is C17H19N3O. The van der Waals surface area contributed by atoms with Gasteiger partial charge in [-0.1, -0.05) is 24.3 Å². The number of hydrogen-bond acceptors (Lipinski definition) is 2. The van der Waals surface area contributed by atoms with Crippen LogP contribution in [0.15, 0.2) is 36.5 Å². The lowest BCUT2D eigenvalue weighted by molar-refractivity contribution is -0.125. The maximum absolute atomic E-state index is 12.1. The Kier molecular flexibility index (Phi) is 3.02. The molecule has 21 heavy (non-hydrogen) atoms. The van der Waals surface area contributed by atoms with Crippen molar-refractivity contribution in [3.8, 4) is 11.3 Å². The molecule has 2 saturated carbocycles. The summed E-state index contributed by atoms with van der Waals surface area (Å²) in [5, 5.41) is 9.98. The van der Waals surface area contributed by atoms with Crippen molar-refractivity contribution in [2.24, 2.45) is 17.8 Å². The van der Waals surface area contributed by atoms with Gasteiger partial charge in [-0.3, -0.25) is 9.89 Å². The van der Waals surface area contributed by atoms with Crippen molar-refractivity contribution in [3.63, 3.8) is 0 Å². The lowest BCUT2D eigenvalue weighted by Crippen LogP contribution is -2.29. The number of fused-ring (bicyclic) bond motifs is 1. The first kappa shape index (κ1) is 12.6.